The number of hydrogen-bond donors (Lipinski definition) is 0. The second kappa shape index (κ2) is 8.91. The normalized spacial score (nSPS) is 24.5. The summed E-state index contributed by atoms with van der Waals surface area (Å²) in [5.74, 6) is 1.30. The van der Waals surface area contributed by atoms with E-state index in [1.807, 2.05) is 11.0 Å². The highest BCUT2D eigenvalue weighted by atomic mass is 19.1. The molecule has 1 aromatic carbocycles. The first-order chi connectivity index (χ1) is 13.6. The fourth-order valence-electron chi connectivity index (χ4n) is 4.61. The molecular formula is C23H32FNO3. The van der Waals surface area contributed by atoms with Gasteiger partial charge in [-0.2, -0.15) is 0 Å². The van der Waals surface area contributed by atoms with Crippen LogP contribution in [-0.2, 0) is 20.7 Å². The Balaban J connectivity index is 1.22. The molecule has 1 unspecified atom stereocenters. The number of ether oxygens (including phenoxy) is 2. The van der Waals surface area contributed by atoms with Gasteiger partial charge in [0, 0.05) is 32.9 Å². The van der Waals surface area contributed by atoms with Crippen LogP contribution in [0.5, 0.6) is 0 Å². The summed E-state index contributed by atoms with van der Waals surface area (Å²) in [7, 11) is 0. The molecule has 1 amide bonds. The van der Waals surface area contributed by atoms with E-state index < -0.39 is 0 Å². The average molecular weight is 390 g/mol. The van der Waals surface area contributed by atoms with Crippen molar-refractivity contribution in [3.05, 3.63) is 35.6 Å². The third kappa shape index (κ3) is 5.32. The third-order valence-corrected chi connectivity index (χ3v) is 6.59. The maximum Gasteiger partial charge on any atom is 0.226 e. The molecule has 0 radical (unpaired) electrons. The summed E-state index contributed by atoms with van der Waals surface area (Å²) < 4.78 is 25.4. The van der Waals surface area contributed by atoms with E-state index in [4.69, 9.17) is 9.47 Å². The standard InChI is InChI=1S/C23H32FNO3/c24-21-3-1-2-20(14-21)15-22(26)25-10-8-23(9-11-25)16-18(7-13-28-23)6-12-27-17-19-4-5-19/h1-3,14,18-19H,4-13,15-17H2. The average Bonchev–Trinajstić information content (AvgIpc) is 3.50. The van der Waals surface area contributed by atoms with E-state index in [-0.39, 0.29) is 23.7 Å². The Morgan fingerprint density at radius 1 is 1.21 bits per heavy atom. The highest BCUT2D eigenvalue weighted by Crippen LogP contribution is 2.39. The maximum absolute atomic E-state index is 13.3. The number of halogens is 1. The summed E-state index contributed by atoms with van der Waals surface area (Å²) in [6.45, 7) is 4.11. The van der Waals surface area contributed by atoms with Gasteiger partial charge in [-0.25, -0.2) is 4.39 Å². The summed E-state index contributed by atoms with van der Waals surface area (Å²) in [5, 5.41) is 0. The van der Waals surface area contributed by atoms with Gasteiger partial charge in [0.2, 0.25) is 5.91 Å². The lowest BCUT2D eigenvalue weighted by molar-refractivity contribution is -0.147. The number of likely N-dealkylation sites (tertiary alicyclic amines) is 1. The molecule has 5 heteroatoms. The third-order valence-electron chi connectivity index (χ3n) is 6.59. The number of rotatable bonds is 7. The highest BCUT2D eigenvalue weighted by Gasteiger charge is 2.40. The molecule has 1 atom stereocenters. The molecule has 1 aliphatic carbocycles. The summed E-state index contributed by atoms with van der Waals surface area (Å²) in [5.41, 5.74) is 0.681. The van der Waals surface area contributed by atoms with E-state index in [9.17, 15) is 9.18 Å². The Hall–Kier alpha value is -1.46. The second-order valence-corrected chi connectivity index (χ2v) is 8.88. The number of hydrogen-bond acceptors (Lipinski definition) is 3. The van der Waals surface area contributed by atoms with Crippen LogP contribution < -0.4 is 0 Å². The minimum absolute atomic E-state index is 0.0605. The topological polar surface area (TPSA) is 38.8 Å². The molecule has 2 aliphatic heterocycles. The monoisotopic (exact) mass is 389 g/mol. The number of benzene rings is 1. The van der Waals surface area contributed by atoms with Gasteiger partial charge >= 0.3 is 0 Å². The first-order valence-electron chi connectivity index (χ1n) is 10.9. The van der Waals surface area contributed by atoms with Crippen molar-refractivity contribution in [3.8, 4) is 0 Å². The first-order valence-corrected chi connectivity index (χ1v) is 10.9. The molecule has 1 spiro atoms. The lowest BCUT2D eigenvalue weighted by Crippen LogP contribution is -2.51. The van der Waals surface area contributed by atoms with Crippen molar-refractivity contribution in [3.63, 3.8) is 0 Å². The zero-order chi connectivity index (χ0) is 19.4. The quantitative estimate of drug-likeness (QED) is 0.663. The molecule has 1 saturated carbocycles. The molecule has 1 aromatic rings. The first kappa shape index (κ1) is 19.8. The molecular weight excluding hydrogens is 357 g/mol. The fourth-order valence-corrected chi connectivity index (χ4v) is 4.61. The van der Waals surface area contributed by atoms with Gasteiger partial charge < -0.3 is 14.4 Å². The van der Waals surface area contributed by atoms with E-state index in [0.717, 1.165) is 76.5 Å². The second-order valence-electron chi connectivity index (χ2n) is 8.88. The van der Waals surface area contributed by atoms with E-state index in [1.54, 1.807) is 6.07 Å². The van der Waals surface area contributed by atoms with Crippen LogP contribution in [-0.4, -0.2) is 49.3 Å². The van der Waals surface area contributed by atoms with Crippen LogP contribution >= 0.6 is 0 Å². The Labute approximate surface area is 167 Å². The van der Waals surface area contributed by atoms with Crippen LogP contribution in [0.4, 0.5) is 4.39 Å². The molecule has 3 aliphatic rings. The predicted molar refractivity (Wildman–Crippen MR) is 105 cm³/mol. The van der Waals surface area contributed by atoms with E-state index in [1.165, 1.54) is 25.0 Å². The smallest absolute Gasteiger partial charge is 0.226 e. The van der Waals surface area contributed by atoms with Gasteiger partial charge in [0.25, 0.3) is 0 Å². The molecule has 0 N–H and O–H groups in total. The van der Waals surface area contributed by atoms with Crippen LogP contribution in [0.1, 0.15) is 50.5 Å². The van der Waals surface area contributed by atoms with Crippen molar-refractivity contribution >= 4 is 5.91 Å². The van der Waals surface area contributed by atoms with Gasteiger partial charge in [-0.1, -0.05) is 12.1 Å². The predicted octanol–water partition coefficient (Wildman–Crippen LogP) is 3.97. The summed E-state index contributed by atoms with van der Waals surface area (Å²) in [6, 6.07) is 6.33. The zero-order valence-electron chi connectivity index (χ0n) is 16.7. The molecule has 0 bridgehead atoms. The van der Waals surface area contributed by atoms with Gasteiger partial charge in [0.1, 0.15) is 5.82 Å². The lowest BCUT2D eigenvalue weighted by Gasteiger charge is -2.46. The Morgan fingerprint density at radius 2 is 2.04 bits per heavy atom. The van der Waals surface area contributed by atoms with E-state index in [2.05, 4.69) is 0 Å². The molecule has 2 saturated heterocycles. The summed E-state index contributed by atoms with van der Waals surface area (Å²) >= 11 is 0. The van der Waals surface area contributed by atoms with Crippen molar-refractivity contribution in [2.75, 3.05) is 32.9 Å². The van der Waals surface area contributed by atoms with Gasteiger partial charge in [-0.3, -0.25) is 4.79 Å². The number of amides is 1. The zero-order valence-corrected chi connectivity index (χ0v) is 16.7. The minimum Gasteiger partial charge on any atom is -0.381 e. The molecule has 154 valence electrons. The molecule has 4 nitrogen and oxygen atoms in total. The largest absolute Gasteiger partial charge is 0.381 e. The Morgan fingerprint density at radius 3 is 2.79 bits per heavy atom. The lowest BCUT2D eigenvalue weighted by atomic mass is 9.78. The highest BCUT2D eigenvalue weighted by molar-refractivity contribution is 5.78. The summed E-state index contributed by atoms with van der Waals surface area (Å²) in [6.07, 6.45) is 8.10. The number of nitrogens with zero attached hydrogens (tertiary/aromatic N) is 1. The van der Waals surface area contributed by atoms with Crippen molar-refractivity contribution < 1.29 is 18.7 Å². The van der Waals surface area contributed by atoms with Crippen LogP contribution in [0.15, 0.2) is 24.3 Å². The van der Waals surface area contributed by atoms with E-state index >= 15 is 0 Å². The molecule has 3 fully saturated rings. The maximum atomic E-state index is 13.3. The van der Waals surface area contributed by atoms with Crippen molar-refractivity contribution in [2.45, 2.75) is 57.0 Å². The van der Waals surface area contributed by atoms with Gasteiger partial charge in [-0.15, -0.1) is 0 Å². The molecule has 2 heterocycles. The Bertz CT molecular complexity index is 668. The van der Waals surface area contributed by atoms with Gasteiger partial charge in [-0.05, 0) is 74.5 Å². The summed E-state index contributed by atoms with van der Waals surface area (Å²) in [4.78, 5) is 14.5. The fraction of sp³-hybridized carbons (Fsp3) is 0.696. The number of carbonyl (C=O) groups is 1. The Kier molecular flexibility index (Phi) is 6.32. The van der Waals surface area contributed by atoms with Crippen LogP contribution in [0.2, 0.25) is 0 Å². The van der Waals surface area contributed by atoms with E-state index in [0.29, 0.717) is 5.92 Å². The van der Waals surface area contributed by atoms with Crippen molar-refractivity contribution in [1.82, 2.24) is 4.90 Å². The van der Waals surface area contributed by atoms with Crippen LogP contribution in [0.3, 0.4) is 0 Å². The molecule has 0 aromatic heterocycles. The SMILES string of the molecule is O=C(Cc1cccc(F)c1)N1CCC2(CC1)CC(CCOCC1CC1)CCO2. The number of carbonyl (C=O) groups excluding carboxylic acids is 1. The van der Waals surface area contributed by atoms with Gasteiger partial charge in [0.15, 0.2) is 0 Å². The van der Waals surface area contributed by atoms with Crippen molar-refractivity contribution in [1.29, 1.82) is 0 Å². The van der Waals surface area contributed by atoms with Gasteiger partial charge in [0.05, 0.1) is 12.0 Å². The molecule has 28 heavy (non-hydrogen) atoms. The molecule has 4 rings (SSSR count). The minimum atomic E-state index is -0.286. The van der Waals surface area contributed by atoms with Crippen LogP contribution in [0, 0.1) is 17.7 Å². The van der Waals surface area contributed by atoms with Crippen molar-refractivity contribution in [2.24, 2.45) is 11.8 Å². The number of piperidine rings is 1. The van der Waals surface area contributed by atoms with Crippen LogP contribution in [0.25, 0.3) is 0 Å².